The van der Waals surface area contributed by atoms with Crippen molar-refractivity contribution in [2.24, 2.45) is 0 Å². The molecule has 0 radical (unpaired) electrons. The zero-order chi connectivity index (χ0) is 26.2. The number of hydrogen-bond donors (Lipinski definition) is 1. The number of carbonyl (C=O) groups is 2. The Hall–Kier alpha value is -3.07. The SMILES string of the molecule is COc1ccc(N(CCCC(=O)N(Cc2ccc(C)cc2)C(C)C(=O)NC(C)C)S(C)(=O)=O)cc1. The van der Waals surface area contributed by atoms with Gasteiger partial charge in [0, 0.05) is 25.6 Å². The predicted molar refractivity (Wildman–Crippen MR) is 139 cm³/mol. The second kappa shape index (κ2) is 12.6. The summed E-state index contributed by atoms with van der Waals surface area (Å²) in [4.78, 5) is 27.5. The molecule has 2 aromatic rings. The molecular weight excluding hydrogens is 466 g/mol. The van der Waals surface area contributed by atoms with Crippen molar-refractivity contribution in [1.82, 2.24) is 10.2 Å². The van der Waals surface area contributed by atoms with Crippen LogP contribution < -0.4 is 14.4 Å². The highest BCUT2D eigenvalue weighted by atomic mass is 32.2. The van der Waals surface area contributed by atoms with Crippen molar-refractivity contribution in [2.75, 3.05) is 24.2 Å². The first-order chi connectivity index (χ1) is 16.4. The van der Waals surface area contributed by atoms with Crippen LogP contribution in [0.5, 0.6) is 5.75 Å². The van der Waals surface area contributed by atoms with Gasteiger partial charge in [-0.05, 0) is 63.9 Å². The van der Waals surface area contributed by atoms with Crippen LogP contribution in [-0.4, -0.2) is 57.1 Å². The van der Waals surface area contributed by atoms with Crippen LogP contribution in [0.4, 0.5) is 5.69 Å². The number of carbonyl (C=O) groups excluding carboxylic acids is 2. The smallest absolute Gasteiger partial charge is 0.242 e. The van der Waals surface area contributed by atoms with Gasteiger partial charge in [-0.3, -0.25) is 13.9 Å². The van der Waals surface area contributed by atoms with Crippen LogP contribution in [0, 0.1) is 6.92 Å². The molecule has 0 aliphatic rings. The molecule has 2 rings (SSSR count). The van der Waals surface area contributed by atoms with Crippen LogP contribution >= 0.6 is 0 Å². The fraction of sp³-hybridized carbons (Fsp3) is 0.462. The van der Waals surface area contributed by atoms with Gasteiger partial charge in [0.1, 0.15) is 11.8 Å². The van der Waals surface area contributed by atoms with Crippen molar-refractivity contribution in [3.05, 3.63) is 59.7 Å². The molecule has 0 saturated heterocycles. The van der Waals surface area contributed by atoms with Gasteiger partial charge in [0.25, 0.3) is 0 Å². The lowest BCUT2D eigenvalue weighted by Gasteiger charge is -2.30. The van der Waals surface area contributed by atoms with E-state index in [4.69, 9.17) is 4.74 Å². The highest BCUT2D eigenvalue weighted by Gasteiger charge is 2.27. The van der Waals surface area contributed by atoms with Gasteiger partial charge in [-0.2, -0.15) is 0 Å². The number of benzene rings is 2. The lowest BCUT2D eigenvalue weighted by Crippen LogP contribution is -2.49. The molecule has 192 valence electrons. The summed E-state index contributed by atoms with van der Waals surface area (Å²) < 4.78 is 31.2. The second-order valence-electron chi connectivity index (χ2n) is 8.98. The summed E-state index contributed by atoms with van der Waals surface area (Å²) in [5, 5.41) is 2.87. The molecule has 1 unspecified atom stereocenters. The van der Waals surface area contributed by atoms with E-state index in [2.05, 4.69) is 5.32 Å². The van der Waals surface area contributed by atoms with E-state index in [-0.39, 0.29) is 30.8 Å². The average Bonchev–Trinajstić information content (AvgIpc) is 2.79. The van der Waals surface area contributed by atoms with E-state index in [9.17, 15) is 18.0 Å². The van der Waals surface area contributed by atoms with Crippen LogP contribution in [0.3, 0.4) is 0 Å². The van der Waals surface area contributed by atoms with Gasteiger partial charge in [-0.25, -0.2) is 8.42 Å². The molecule has 0 bridgehead atoms. The molecule has 9 heteroatoms. The van der Waals surface area contributed by atoms with Crippen molar-refractivity contribution in [1.29, 1.82) is 0 Å². The van der Waals surface area contributed by atoms with Crippen LogP contribution in [0.1, 0.15) is 44.7 Å². The standard InChI is InChI=1S/C26H37N3O5S/c1-19(2)27-26(31)21(4)28(18-22-11-9-20(3)10-12-22)25(30)8-7-17-29(35(6,32)33)23-13-15-24(34-5)16-14-23/h9-16,19,21H,7-8,17-18H2,1-6H3,(H,27,31). The van der Waals surface area contributed by atoms with Crippen LogP contribution in [0.25, 0.3) is 0 Å². The van der Waals surface area contributed by atoms with Gasteiger partial charge in [-0.1, -0.05) is 29.8 Å². The Labute approximate surface area is 209 Å². The first-order valence-electron chi connectivity index (χ1n) is 11.7. The maximum absolute atomic E-state index is 13.3. The highest BCUT2D eigenvalue weighted by Crippen LogP contribution is 2.22. The molecule has 0 heterocycles. The number of anilines is 1. The van der Waals surface area contributed by atoms with Gasteiger partial charge < -0.3 is 15.0 Å². The number of rotatable bonds is 12. The minimum absolute atomic E-state index is 0.0471. The summed E-state index contributed by atoms with van der Waals surface area (Å²) in [7, 11) is -2.01. The van der Waals surface area contributed by atoms with E-state index < -0.39 is 16.1 Å². The lowest BCUT2D eigenvalue weighted by molar-refractivity contribution is -0.140. The van der Waals surface area contributed by atoms with Gasteiger partial charge in [0.15, 0.2) is 0 Å². The normalized spacial score (nSPS) is 12.2. The number of nitrogens with one attached hydrogen (secondary N) is 1. The number of aryl methyl sites for hydroxylation is 1. The Morgan fingerprint density at radius 2 is 1.60 bits per heavy atom. The Bertz CT molecular complexity index is 1080. The quantitative estimate of drug-likeness (QED) is 0.478. The van der Waals surface area contributed by atoms with Crippen molar-refractivity contribution in [2.45, 2.75) is 59.2 Å². The van der Waals surface area contributed by atoms with E-state index >= 15 is 0 Å². The van der Waals surface area contributed by atoms with Crippen molar-refractivity contribution >= 4 is 27.5 Å². The summed E-state index contributed by atoms with van der Waals surface area (Å²) in [5.41, 5.74) is 2.53. The summed E-state index contributed by atoms with van der Waals surface area (Å²) in [6.07, 6.45) is 1.55. The molecule has 0 spiro atoms. The number of sulfonamides is 1. The fourth-order valence-electron chi connectivity index (χ4n) is 3.63. The van der Waals surface area contributed by atoms with Gasteiger partial charge >= 0.3 is 0 Å². The summed E-state index contributed by atoms with van der Waals surface area (Å²) in [6.45, 7) is 7.87. The Balaban J connectivity index is 2.15. The van der Waals surface area contributed by atoms with Crippen LogP contribution in [0.15, 0.2) is 48.5 Å². The third-order valence-corrected chi connectivity index (χ3v) is 6.78. The minimum atomic E-state index is -3.55. The van der Waals surface area contributed by atoms with Crippen molar-refractivity contribution < 1.29 is 22.7 Å². The third-order valence-electron chi connectivity index (χ3n) is 5.58. The molecule has 35 heavy (non-hydrogen) atoms. The van der Waals surface area contributed by atoms with E-state index in [0.29, 0.717) is 24.4 Å². The maximum atomic E-state index is 13.3. The lowest BCUT2D eigenvalue weighted by atomic mass is 10.1. The maximum Gasteiger partial charge on any atom is 0.242 e. The number of methoxy groups -OCH3 is 1. The van der Waals surface area contributed by atoms with Crippen molar-refractivity contribution in [3.63, 3.8) is 0 Å². The van der Waals surface area contributed by atoms with Crippen LogP contribution in [-0.2, 0) is 26.2 Å². The Morgan fingerprint density at radius 3 is 2.11 bits per heavy atom. The number of nitrogens with zero attached hydrogens (tertiary/aromatic N) is 2. The van der Waals surface area contributed by atoms with Crippen LogP contribution in [0.2, 0.25) is 0 Å². The molecule has 0 aromatic heterocycles. The number of hydrogen-bond acceptors (Lipinski definition) is 5. The van der Waals surface area contributed by atoms with E-state index in [1.165, 1.54) is 4.31 Å². The minimum Gasteiger partial charge on any atom is -0.497 e. The molecule has 2 aromatic carbocycles. The summed E-state index contributed by atoms with van der Waals surface area (Å²) >= 11 is 0. The molecular formula is C26H37N3O5S. The molecule has 8 nitrogen and oxygen atoms in total. The predicted octanol–water partition coefficient (Wildman–Crippen LogP) is 3.49. The highest BCUT2D eigenvalue weighted by molar-refractivity contribution is 7.92. The zero-order valence-electron chi connectivity index (χ0n) is 21.4. The van der Waals surface area contributed by atoms with E-state index in [1.54, 1.807) is 43.2 Å². The number of ether oxygens (including phenoxy) is 1. The first kappa shape index (κ1) is 28.2. The molecule has 0 fully saturated rings. The Kier molecular flexibility index (Phi) is 10.1. The van der Waals surface area contributed by atoms with E-state index in [1.807, 2.05) is 45.0 Å². The van der Waals surface area contributed by atoms with E-state index in [0.717, 1.165) is 17.4 Å². The molecule has 0 aliphatic heterocycles. The molecule has 0 saturated carbocycles. The fourth-order valence-corrected chi connectivity index (χ4v) is 4.60. The second-order valence-corrected chi connectivity index (χ2v) is 10.9. The third kappa shape index (κ3) is 8.58. The zero-order valence-corrected chi connectivity index (χ0v) is 22.3. The largest absolute Gasteiger partial charge is 0.497 e. The Morgan fingerprint density at radius 1 is 1.00 bits per heavy atom. The monoisotopic (exact) mass is 503 g/mol. The summed E-state index contributed by atoms with van der Waals surface area (Å²) in [6, 6.07) is 13.8. The number of amides is 2. The van der Waals surface area contributed by atoms with Crippen molar-refractivity contribution in [3.8, 4) is 5.75 Å². The van der Waals surface area contributed by atoms with Gasteiger partial charge in [0.05, 0.1) is 19.1 Å². The topological polar surface area (TPSA) is 96.0 Å². The molecule has 1 N–H and O–H groups in total. The average molecular weight is 504 g/mol. The molecule has 0 aliphatic carbocycles. The van der Waals surface area contributed by atoms with Gasteiger partial charge in [0.2, 0.25) is 21.8 Å². The van der Waals surface area contributed by atoms with Gasteiger partial charge in [-0.15, -0.1) is 0 Å². The molecule has 2 amide bonds. The first-order valence-corrected chi connectivity index (χ1v) is 13.5. The summed E-state index contributed by atoms with van der Waals surface area (Å²) in [5.74, 6) is 0.189. The molecule has 1 atom stereocenters.